The zero-order chi connectivity index (χ0) is 10.4. The third-order valence-corrected chi connectivity index (χ3v) is 2.86. The largest absolute Gasteiger partial charge is 0.374 e. The molecule has 0 unspecified atom stereocenters. The van der Waals surface area contributed by atoms with E-state index in [0.717, 1.165) is 12.3 Å². The first kappa shape index (κ1) is 11.4. The first-order chi connectivity index (χ1) is 6.79. The van der Waals surface area contributed by atoms with Gasteiger partial charge in [0.1, 0.15) is 0 Å². The molecule has 0 N–H and O–H groups in total. The number of thioether (sulfide) groups is 1. The second kappa shape index (κ2) is 5.97. The van der Waals surface area contributed by atoms with Crippen molar-refractivity contribution in [1.29, 1.82) is 0 Å². The van der Waals surface area contributed by atoms with Gasteiger partial charge in [-0.3, -0.25) is 0 Å². The lowest BCUT2D eigenvalue weighted by molar-refractivity contribution is 0.848. The van der Waals surface area contributed by atoms with Gasteiger partial charge in [0.05, 0.1) is 0 Å². The van der Waals surface area contributed by atoms with E-state index in [9.17, 15) is 0 Å². The van der Waals surface area contributed by atoms with Crippen LogP contribution >= 0.6 is 11.8 Å². The van der Waals surface area contributed by atoms with E-state index in [1.54, 1.807) is 0 Å². The average molecular weight is 209 g/mol. The summed E-state index contributed by atoms with van der Waals surface area (Å²) < 4.78 is 0. The summed E-state index contributed by atoms with van der Waals surface area (Å²) in [6, 6.07) is 8.67. The molecule has 1 aromatic rings. The summed E-state index contributed by atoms with van der Waals surface area (Å²) in [7, 11) is 2.17. The molecule has 14 heavy (non-hydrogen) atoms. The minimum atomic E-state index is 1.10. The fourth-order valence-electron chi connectivity index (χ4n) is 1.62. The van der Waals surface area contributed by atoms with E-state index in [2.05, 4.69) is 49.4 Å². The molecule has 0 radical (unpaired) electrons. The van der Waals surface area contributed by atoms with Gasteiger partial charge in [0.25, 0.3) is 0 Å². The van der Waals surface area contributed by atoms with Crippen LogP contribution in [0.1, 0.15) is 18.9 Å². The van der Waals surface area contributed by atoms with Gasteiger partial charge in [-0.25, -0.2) is 0 Å². The second-order valence-electron chi connectivity index (χ2n) is 3.48. The number of hydrogen-bond acceptors (Lipinski definition) is 2. The number of nitrogens with zero attached hydrogens (tertiary/aromatic N) is 1. The Morgan fingerprint density at radius 3 is 2.64 bits per heavy atom. The van der Waals surface area contributed by atoms with Crippen LogP contribution in [-0.4, -0.2) is 19.8 Å². The van der Waals surface area contributed by atoms with Crippen LogP contribution < -0.4 is 4.90 Å². The molecule has 0 aromatic heterocycles. The lowest BCUT2D eigenvalue weighted by atomic mass is 10.2. The topological polar surface area (TPSA) is 3.24 Å². The van der Waals surface area contributed by atoms with Crippen molar-refractivity contribution >= 4 is 17.4 Å². The standard InChI is InChI=1S/C12H19NS/c1-4-9-13(2)12-8-6-5-7-11(12)10-14-3/h5-8H,4,9-10H2,1-3H3. The smallest absolute Gasteiger partial charge is 0.0404 e. The Labute approximate surface area is 91.5 Å². The van der Waals surface area contributed by atoms with Crippen molar-refractivity contribution < 1.29 is 0 Å². The van der Waals surface area contributed by atoms with Crippen molar-refractivity contribution in [2.45, 2.75) is 19.1 Å². The number of rotatable bonds is 5. The SMILES string of the molecule is CCCN(C)c1ccccc1CSC. The maximum atomic E-state index is 2.34. The molecular formula is C12H19NS. The zero-order valence-electron chi connectivity index (χ0n) is 9.29. The molecule has 1 aromatic carbocycles. The molecule has 1 rings (SSSR count). The van der Waals surface area contributed by atoms with Gasteiger partial charge in [0.15, 0.2) is 0 Å². The molecule has 0 aliphatic heterocycles. The van der Waals surface area contributed by atoms with E-state index in [0.29, 0.717) is 0 Å². The molecule has 0 atom stereocenters. The van der Waals surface area contributed by atoms with Crippen LogP contribution in [-0.2, 0) is 5.75 Å². The predicted molar refractivity (Wildman–Crippen MR) is 67.2 cm³/mol. The van der Waals surface area contributed by atoms with Crippen LogP contribution in [0.15, 0.2) is 24.3 Å². The quantitative estimate of drug-likeness (QED) is 0.731. The van der Waals surface area contributed by atoms with Crippen LogP contribution in [0.2, 0.25) is 0 Å². The van der Waals surface area contributed by atoms with Gasteiger partial charge in [-0.15, -0.1) is 0 Å². The van der Waals surface area contributed by atoms with Gasteiger partial charge in [0.2, 0.25) is 0 Å². The van der Waals surface area contributed by atoms with Gasteiger partial charge in [-0.2, -0.15) is 11.8 Å². The summed E-state index contributed by atoms with van der Waals surface area (Å²) in [4.78, 5) is 2.34. The Kier molecular flexibility index (Phi) is 4.88. The molecular weight excluding hydrogens is 190 g/mol. The van der Waals surface area contributed by atoms with E-state index >= 15 is 0 Å². The molecule has 1 nitrogen and oxygen atoms in total. The van der Waals surface area contributed by atoms with Gasteiger partial charge in [-0.1, -0.05) is 25.1 Å². The number of benzene rings is 1. The lowest BCUT2D eigenvalue weighted by Gasteiger charge is -2.21. The Morgan fingerprint density at radius 2 is 2.00 bits per heavy atom. The number of hydrogen-bond donors (Lipinski definition) is 0. The Balaban J connectivity index is 2.82. The van der Waals surface area contributed by atoms with E-state index in [-0.39, 0.29) is 0 Å². The van der Waals surface area contributed by atoms with E-state index in [1.807, 2.05) is 11.8 Å². The summed E-state index contributed by atoms with van der Waals surface area (Å²) in [6.07, 6.45) is 3.35. The Hall–Kier alpha value is -0.630. The second-order valence-corrected chi connectivity index (χ2v) is 4.35. The fourth-order valence-corrected chi connectivity index (χ4v) is 2.17. The monoisotopic (exact) mass is 209 g/mol. The van der Waals surface area contributed by atoms with E-state index in [1.165, 1.54) is 17.7 Å². The molecule has 0 spiro atoms. The molecule has 0 aliphatic carbocycles. The maximum Gasteiger partial charge on any atom is 0.0404 e. The zero-order valence-corrected chi connectivity index (χ0v) is 10.1. The third kappa shape index (κ3) is 2.95. The van der Waals surface area contributed by atoms with Crippen molar-refractivity contribution in [2.24, 2.45) is 0 Å². The predicted octanol–water partition coefficient (Wildman–Crippen LogP) is 3.40. The molecule has 0 bridgehead atoms. The van der Waals surface area contributed by atoms with Crippen LogP contribution in [0.5, 0.6) is 0 Å². The van der Waals surface area contributed by atoms with Crippen molar-refractivity contribution in [3.8, 4) is 0 Å². The minimum absolute atomic E-state index is 1.10. The van der Waals surface area contributed by atoms with Gasteiger partial charge < -0.3 is 4.90 Å². The summed E-state index contributed by atoms with van der Waals surface area (Å²) in [6.45, 7) is 3.35. The van der Waals surface area contributed by atoms with Crippen molar-refractivity contribution in [1.82, 2.24) is 0 Å². The maximum absolute atomic E-state index is 2.34. The first-order valence-corrected chi connectivity index (χ1v) is 6.47. The highest BCUT2D eigenvalue weighted by molar-refractivity contribution is 7.97. The molecule has 2 heteroatoms. The van der Waals surface area contributed by atoms with Crippen LogP contribution in [0, 0.1) is 0 Å². The molecule has 0 heterocycles. The Bertz CT molecular complexity index is 273. The highest BCUT2D eigenvalue weighted by Gasteiger charge is 2.04. The van der Waals surface area contributed by atoms with Crippen LogP contribution in [0.3, 0.4) is 0 Å². The van der Waals surface area contributed by atoms with Crippen LogP contribution in [0.25, 0.3) is 0 Å². The molecule has 0 fully saturated rings. The van der Waals surface area contributed by atoms with Gasteiger partial charge in [0, 0.05) is 25.0 Å². The van der Waals surface area contributed by atoms with E-state index < -0.39 is 0 Å². The summed E-state index contributed by atoms with van der Waals surface area (Å²) >= 11 is 1.88. The average Bonchev–Trinajstić information content (AvgIpc) is 2.19. The van der Waals surface area contributed by atoms with Crippen molar-refractivity contribution in [3.05, 3.63) is 29.8 Å². The highest BCUT2D eigenvalue weighted by atomic mass is 32.2. The molecule has 0 amide bonds. The highest BCUT2D eigenvalue weighted by Crippen LogP contribution is 2.22. The van der Waals surface area contributed by atoms with E-state index in [4.69, 9.17) is 0 Å². The minimum Gasteiger partial charge on any atom is -0.374 e. The molecule has 0 aliphatic rings. The lowest BCUT2D eigenvalue weighted by Crippen LogP contribution is -2.18. The summed E-state index contributed by atoms with van der Waals surface area (Å²) in [5.74, 6) is 1.10. The third-order valence-electron chi connectivity index (χ3n) is 2.26. The Morgan fingerprint density at radius 1 is 1.29 bits per heavy atom. The van der Waals surface area contributed by atoms with Crippen molar-refractivity contribution in [3.63, 3.8) is 0 Å². The van der Waals surface area contributed by atoms with Crippen LogP contribution in [0.4, 0.5) is 5.69 Å². The first-order valence-electron chi connectivity index (χ1n) is 5.07. The fraction of sp³-hybridized carbons (Fsp3) is 0.500. The summed E-state index contributed by atoms with van der Waals surface area (Å²) in [5.41, 5.74) is 2.82. The summed E-state index contributed by atoms with van der Waals surface area (Å²) in [5, 5.41) is 0. The normalized spacial score (nSPS) is 10.2. The molecule has 0 saturated heterocycles. The number of anilines is 1. The number of para-hydroxylation sites is 1. The molecule has 78 valence electrons. The molecule has 0 saturated carbocycles. The van der Waals surface area contributed by atoms with Gasteiger partial charge in [-0.05, 0) is 24.3 Å². The van der Waals surface area contributed by atoms with Crippen molar-refractivity contribution in [2.75, 3.05) is 24.7 Å². The van der Waals surface area contributed by atoms with Gasteiger partial charge >= 0.3 is 0 Å².